The lowest BCUT2D eigenvalue weighted by Gasteiger charge is -2.27. The predicted molar refractivity (Wildman–Crippen MR) is 247 cm³/mol. The third-order valence-electron chi connectivity index (χ3n) is 11.6. The molecular formula is C47H60N3O7S3+. The summed E-state index contributed by atoms with van der Waals surface area (Å²) in [5.74, 6) is 0.414. The summed E-state index contributed by atoms with van der Waals surface area (Å²) in [6.45, 7) is 16.4. The van der Waals surface area contributed by atoms with Gasteiger partial charge in [-0.15, -0.1) is 4.33 Å². The van der Waals surface area contributed by atoms with Gasteiger partial charge in [0.1, 0.15) is 4.75 Å². The van der Waals surface area contributed by atoms with Crippen molar-refractivity contribution in [1.29, 1.82) is 0 Å². The molecule has 3 aromatic carbocycles. The van der Waals surface area contributed by atoms with Gasteiger partial charge in [0, 0.05) is 87.8 Å². The first-order valence-electron chi connectivity index (χ1n) is 20.7. The van der Waals surface area contributed by atoms with Crippen molar-refractivity contribution in [3.8, 4) is 0 Å². The molecule has 3 aliphatic rings. The Bertz CT molecular complexity index is 2320. The van der Waals surface area contributed by atoms with Gasteiger partial charge < -0.3 is 9.80 Å². The highest BCUT2D eigenvalue weighted by Gasteiger charge is 2.43. The standard InChI is InChI=1S/C47H59N3O7S3/c1-45(2,3)59(52)50(37-19-9-8-10-20-37)44-35(27-29-42-46(4,5)38-21-11-13-23-40(38)48(42)31-15-17-33-58-57-56-51)25-26-36(44)28-30-43-47(6,7)39-22-12-14-24-41(39)49(43)32-16-18-34-60(53,54)55/h8-14,19-24,27-30H,15-18,25-26,31-34H2,1-7H3,(H-,51,53,54,55)/p+1. The van der Waals surface area contributed by atoms with Crippen LogP contribution in [0, 0.1) is 0 Å². The normalized spacial score (nSPS) is 21.4. The number of para-hydroxylation sites is 3. The van der Waals surface area contributed by atoms with Crippen molar-refractivity contribution in [2.24, 2.45) is 0 Å². The van der Waals surface area contributed by atoms with Crippen LogP contribution in [0.1, 0.15) is 98.1 Å². The molecular weight excluding hydrogens is 815 g/mol. The smallest absolute Gasteiger partial charge is 0.293 e. The zero-order chi connectivity index (χ0) is 43.3. The van der Waals surface area contributed by atoms with E-state index in [1.807, 2.05) is 61.2 Å². The zero-order valence-electron chi connectivity index (χ0n) is 35.9. The molecule has 2 aliphatic heterocycles. The van der Waals surface area contributed by atoms with Crippen LogP contribution < -0.4 is 9.80 Å². The highest BCUT2D eigenvalue weighted by molar-refractivity contribution is 7.94. The van der Waals surface area contributed by atoms with E-state index in [-0.39, 0.29) is 16.6 Å². The van der Waals surface area contributed by atoms with Crippen molar-refractivity contribution >= 4 is 55.9 Å². The Hall–Kier alpha value is -3.82. The van der Waals surface area contributed by atoms with Gasteiger partial charge in [-0.05, 0) is 94.7 Å². The van der Waals surface area contributed by atoms with E-state index in [4.69, 9.17) is 5.26 Å². The number of unbranched alkanes of at least 4 members (excludes halogenated alkanes) is 2. The monoisotopic (exact) mass is 874 g/mol. The number of rotatable bonds is 16. The quantitative estimate of drug-likeness (QED) is 0.0359. The van der Waals surface area contributed by atoms with Crippen molar-refractivity contribution in [3.63, 3.8) is 0 Å². The number of nitrogens with zero attached hydrogens (tertiary/aromatic N) is 3. The van der Waals surface area contributed by atoms with E-state index in [2.05, 4.69) is 114 Å². The second kappa shape index (κ2) is 19.1. The van der Waals surface area contributed by atoms with E-state index in [0.717, 1.165) is 78.2 Å². The maximum Gasteiger partial charge on any atom is 0.293 e. The summed E-state index contributed by atoms with van der Waals surface area (Å²) < 4.78 is 53.4. The summed E-state index contributed by atoms with van der Waals surface area (Å²) in [6.07, 6.45) is 13.2. The molecule has 60 heavy (non-hydrogen) atoms. The molecule has 1 saturated carbocycles. The molecule has 322 valence electrons. The SMILES string of the molecule is CC1(C)/C(=C\C=C2CCC(=C\C=C3\N(CCCCS(=O)(=O)O)c4ccccc4C3(C)C)/C2=[N+](/c2ccccc2)S(=O)C(C)(C)C)N(CCCCSOOO)c2ccccc21. The molecule has 0 bridgehead atoms. The van der Waals surface area contributed by atoms with E-state index >= 15 is 0 Å². The van der Waals surface area contributed by atoms with Crippen LogP contribution in [0.15, 0.2) is 126 Å². The molecule has 3 aromatic rings. The van der Waals surface area contributed by atoms with Gasteiger partial charge in [0.25, 0.3) is 21.1 Å². The average molecular weight is 875 g/mol. The van der Waals surface area contributed by atoms with Crippen LogP contribution >= 0.6 is 12.0 Å². The van der Waals surface area contributed by atoms with Gasteiger partial charge in [-0.3, -0.25) is 4.55 Å². The molecule has 0 saturated heterocycles. The van der Waals surface area contributed by atoms with Crippen LogP contribution in [0.2, 0.25) is 0 Å². The Morgan fingerprint density at radius 3 is 1.72 bits per heavy atom. The Morgan fingerprint density at radius 1 is 0.750 bits per heavy atom. The second-order valence-corrected chi connectivity index (χ2v) is 22.0. The van der Waals surface area contributed by atoms with Crippen LogP contribution in [0.5, 0.6) is 0 Å². The Morgan fingerprint density at radius 2 is 1.23 bits per heavy atom. The van der Waals surface area contributed by atoms with Crippen LogP contribution in [0.25, 0.3) is 0 Å². The third-order valence-corrected chi connectivity index (χ3v) is 14.8. The highest BCUT2D eigenvalue weighted by atomic mass is 32.2. The zero-order valence-corrected chi connectivity index (χ0v) is 38.3. The van der Waals surface area contributed by atoms with Gasteiger partial charge in [0.15, 0.2) is 0 Å². The van der Waals surface area contributed by atoms with E-state index in [0.29, 0.717) is 25.1 Å². The van der Waals surface area contributed by atoms with Crippen molar-refractivity contribution in [1.82, 2.24) is 0 Å². The minimum Gasteiger partial charge on any atom is -0.344 e. The number of fused-ring (bicyclic) bond motifs is 2. The fourth-order valence-electron chi connectivity index (χ4n) is 8.61. The van der Waals surface area contributed by atoms with Crippen LogP contribution in [0.4, 0.5) is 17.1 Å². The topological polar surface area (TPSA) is 120 Å². The molecule has 0 amide bonds. The van der Waals surface area contributed by atoms with E-state index in [1.165, 1.54) is 22.5 Å². The molecule has 1 atom stereocenters. The number of hydrogen-bond acceptors (Lipinski definition) is 9. The van der Waals surface area contributed by atoms with Gasteiger partial charge >= 0.3 is 0 Å². The van der Waals surface area contributed by atoms with Crippen LogP contribution in [-0.2, 0) is 41.3 Å². The third kappa shape index (κ3) is 10.1. The molecule has 1 unspecified atom stereocenters. The minimum atomic E-state index is -4.04. The van der Waals surface area contributed by atoms with Crippen LogP contribution in [-0.4, -0.2) is 61.5 Å². The minimum absolute atomic E-state index is 0.265. The summed E-state index contributed by atoms with van der Waals surface area (Å²) in [4.78, 5) is 4.71. The molecule has 10 nitrogen and oxygen atoms in total. The molecule has 6 rings (SSSR count). The van der Waals surface area contributed by atoms with Gasteiger partial charge in [-0.25, -0.2) is 5.26 Å². The van der Waals surface area contributed by atoms with Crippen molar-refractivity contribution in [2.45, 2.75) is 103 Å². The van der Waals surface area contributed by atoms with Gasteiger partial charge in [0.2, 0.25) is 11.4 Å². The molecule has 0 aromatic heterocycles. The van der Waals surface area contributed by atoms with Crippen molar-refractivity contribution in [3.05, 3.63) is 137 Å². The van der Waals surface area contributed by atoms with Gasteiger partial charge in [-0.2, -0.15) is 12.6 Å². The summed E-state index contributed by atoms with van der Waals surface area (Å²) >= 11 is 1.08. The summed E-state index contributed by atoms with van der Waals surface area (Å²) in [7, 11) is -5.50. The lowest BCUT2D eigenvalue weighted by Crippen LogP contribution is -2.33. The number of hydrogen-bond donors (Lipinski definition) is 2. The number of allylic oxidation sites excluding steroid dienone is 8. The largest absolute Gasteiger partial charge is 0.344 e. The summed E-state index contributed by atoms with van der Waals surface area (Å²) in [5, 5.41) is 12.3. The van der Waals surface area contributed by atoms with Crippen LogP contribution in [0.3, 0.4) is 0 Å². The Kier molecular flexibility index (Phi) is 14.5. The van der Waals surface area contributed by atoms with Crippen molar-refractivity contribution < 1.29 is 35.8 Å². The molecule has 0 spiro atoms. The molecule has 2 N–H and O–H groups in total. The van der Waals surface area contributed by atoms with Crippen molar-refractivity contribution in [2.75, 3.05) is 34.4 Å². The first kappa shape index (κ1) is 45.7. The lowest BCUT2D eigenvalue weighted by molar-refractivity contribution is -0.432. The maximum absolute atomic E-state index is 14.8. The molecule has 13 heteroatoms. The average Bonchev–Trinajstić information content (AvgIpc) is 3.77. The van der Waals surface area contributed by atoms with Gasteiger partial charge in [0.05, 0.1) is 5.75 Å². The van der Waals surface area contributed by atoms with E-state index in [9.17, 15) is 17.2 Å². The summed E-state index contributed by atoms with van der Waals surface area (Å²) in [6, 6.07) is 27.0. The fourth-order valence-corrected chi connectivity index (χ4v) is 10.9. The first-order chi connectivity index (χ1) is 28.5. The van der Waals surface area contributed by atoms with E-state index < -0.39 is 25.9 Å². The van der Waals surface area contributed by atoms with Gasteiger partial charge in [-0.1, -0.05) is 103 Å². The molecule has 0 radical (unpaired) electrons. The molecule has 1 fully saturated rings. The molecule has 1 aliphatic carbocycles. The van der Waals surface area contributed by atoms with E-state index in [1.54, 1.807) is 0 Å². The second-order valence-electron chi connectivity index (χ2n) is 17.6. The number of anilines is 2. The maximum atomic E-state index is 14.8. The fraction of sp³-hybridized carbons (Fsp3) is 0.426. The highest BCUT2D eigenvalue weighted by Crippen LogP contribution is 2.49. The molecule has 2 heterocycles. The first-order valence-corrected chi connectivity index (χ1v) is 24.4. The number of benzene rings is 3. The lowest BCUT2D eigenvalue weighted by atomic mass is 9.83. The predicted octanol–water partition coefficient (Wildman–Crippen LogP) is 10.8. The Labute approximate surface area is 363 Å². The summed E-state index contributed by atoms with van der Waals surface area (Å²) in [5.41, 5.74) is 10.4. The Balaban J connectivity index is 1.47.